The molecule has 5 aromatic carbocycles. The van der Waals surface area contributed by atoms with Crippen LogP contribution in [0.25, 0.3) is 37.7 Å². The molecule has 0 radical (unpaired) electrons. The standard InChI is InChI=1S/C39H30FNOS/c40-35-15-7-6-14-34(35)39(28-16-18-29(19-17-28)41-24-8-9-25-41)23-22-32-30-12-4-5-13-31(30)33(26-36(32)42-39)38-21-20-37(43-38)27-10-2-1-3-11-27/h1-7,10-23,26H,8-9,24-25H2. The molecule has 0 saturated carbocycles. The lowest BCUT2D eigenvalue weighted by Crippen LogP contribution is -2.35. The Hall–Kier alpha value is -4.67. The second kappa shape index (κ2) is 10.6. The molecule has 6 aromatic rings. The van der Waals surface area contributed by atoms with Crippen molar-refractivity contribution in [3.05, 3.63) is 150 Å². The Kier molecular flexibility index (Phi) is 6.38. The Bertz CT molecular complexity index is 1970. The summed E-state index contributed by atoms with van der Waals surface area (Å²) in [5.41, 5.74) is 4.83. The molecule has 4 heteroatoms. The molecule has 1 atom stereocenters. The number of thiophene rings is 1. The third kappa shape index (κ3) is 4.45. The van der Waals surface area contributed by atoms with E-state index in [-0.39, 0.29) is 5.82 Å². The van der Waals surface area contributed by atoms with E-state index in [0.29, 0.717) is 5.56 Å². The number of nitrogens with zero attached hydrogens (tertiary/aromatic N) is 1. The molecule has 0 N–H and O–H groups in total. The van der Waals surface area contributed by atoms with Crippen LogP contribution < -0.4 is 9.64 Å². The Labute approximate surface area is 255 Å². The molecule has 8 rings (SSSR count). The van der Waals surface area contributed by atoms with E-state index in [9.17, 15) is 0 Å². The van der Waals surface area contributed by atoms with Gasteiger partial charge in [0.15, 0.2) is 5.60 Å². The van der Waals surface area contributed by atoms with Crippen LogP contribution in [-0.2, 0) is 5.60 Å². The minimum absolute atomic E-state index is 0.286. The van der Waals surface area contributed by atoms with Crippen LogP contribution in [0.4, 0.5) is 10.1 Å². The van der Waals surface area contributed by atoms with Crippen molar-refractivity contribution in [2.45, 2.75) is 18.4 Å². The summed E-state index contributed by atoms with van der Waals surface area (Å²) in [6, 6.07) is 41.0. The highest BCUT2D eigenvalue weighted by Gasteiger charge is 2.40. The first kappa shape index (κ1) is 26.0. The van der Waals surface area contributed by atoms with E-state index in [1.165, 1.54) is 45.3 Å². The minimum atomic E-state index is -1.10. The molecule has 2 aliphatic rings. The fourth-order valence-electron chi connectivity index (χ4n) is 6.59. The molecule has 2 aliphatic heterocycles. The molecule has 0 spiro atoms. The summed E-state index contributed by atoms with van der Waals surface area (Å²) in [6.45, 7) is 2.15. The number of anilines is 1. The lowest BCUT2D eigenvalue weighted by molar-refractivity contribution is 0.156. The maximum atomic E-state index is 15.6. The van der Waals surface area contributed by atoms with Crippen molar-refractivity contribution < 1.29 is 9.13 Å². The lowest BCUT2D eigenvalue weighted by atomic mass is 9.82. The van der Waals surface area contributed by atoms with E-state index in [2.05, 4.69) is 102 Å². The van der Waals surface area contributed by atoms with Gasteiger partial charge in [0.2, 0.25) is 0 Å². The van der Waals surface area contributed by atoms with Crippen LogP contribution in [0.3, 0.4) is 0 Å². The van der Waals surface area contributed by atoms with Crippen LogP contribution in [-0.4, -0.2) is 13.1 Å². The molecule has 43 heavy (non-hydrogen) atoms. The van der Waals surface area contributed by atoms with Crippen molar-refractivity contribution in [1.29, 1.82) is 0 Å². The first-order valence-electron chi connectivity index (χ1n) is 14.9. The van der Waals surface area contributed by atoms with Gasteiger partial charge in [0.05, 0.1) is 0 Å². The number of benzene rings is 5. The number of ether oxygens (including phenoxy) is 1. The maximum absolute atomic E-state index is 15.6. The molecule has 1 fully saturated rings. The molecule has 0 amide bonds. The molecular weight excluding hydrogens is 550 g/mol. The van der Waals surface area contributed by atoms with E-state index in [1.807, 2.05) is 24.3 Å². The SMILES string of the molecule is Fc1ccccc1C1(c2ccc(N3CCCC3)cc2)C=Cc2c(cc(-c3ccc(-c4ccccc4)s3)c3ccccc23)O1. The first-order valence-corrected chi connectivity index (χ1v) is 15.7. The van der Waals surface area contributed by atoms with Crippen LogP contribution in [0, 0.1) is 5.82 Å². The van der Waals surface area contributed by atoms with Gasteiger partial charge in [0.25, 0.3) is 0 Å². The smallest absolute Gasteiger partial charge is 0.180 e. The van der Waals surface area contributed by atoms with Gasteiger partial charge in [-0.1, -0.05) is 84.9 Å². The minimum Gasteiger partial charge on any atom is -0.473 e. The highest BCUT2D eigenvalue weighted by atomic mass is 32.1. The van der Waals surface area contributed by atoms with Gasteiger partial charge in [0.1, 0.15) is 11.6 Å². The van der Waals surface area contributed by atoms with Gasteiger partial charge in [-0.15, -0.1) is 11.3 Å². The predicted molar refractivity (Wildman–Crippen MR) is 177 cm³/mol. The van der Waals surface area contributed by atoms with Crippen molar-refractivity contribution in [1.82, 2.24) is 0 Å². The monoisotopic (exact) mass is 579 g/mol. The molecule has 2 nitrogen and oxygen atoms in total. The normalized spacial score (nSPS) is 17.7. The van der Waals surface area contributed by atoms with E-state index in [0.717, 1.165) is 40.9 Å². The molecule has 1 unspecified atom stereocenters. The van der Waals surface area contributed by atoms with Gasteiger partial charge in [-0.2, -0.15) is 0 Å². The van der Waals surface area contributed by atoms with Gasteiger partial charge in [0, 0.05) is 50.8 Å². The van der Waals surface area contributed by atoms with Crippen LogP contribution in [0.1, 0.15) is 29.5 Å². The highest BCUT2D eigenvalue weighted by molar-refractivity contribution is 7.18. The molecule has 0 aliphatic carbocycles. The summed E-state index contributed by atoms with van der Waals surface area (Å²) in [4.78, 5) is 4.80. The summed E-state index contributed by atoms with van der Waals surface area (Å²) < 4.78 is 22.7. The maximum Gasteiger partial charge on any atom is 0.180 e. The Morgan fingerprint density at radius 1 is 0.698 bits per heavy atom. The lowest BCUT2D eigenvalue weighted by Gasteiger charge is -2.37. The van der Waals surface area contributed by atoms with Crippen LogP contribution >= 0.6 is 11.3 Å². The van der Waals surface area contributed by atoms with Gasteiger partial charge in [-0.05, 0) is 77.7 Å². The highest BCUT2D eigenvalue weighted by Crippen LogP contribution is 2.48. The van der Waals surface area contributed by atoms with Gasteiger partial charge in [-0.3, -0.25) is 0 Å². The zero-order chi connectivity index (χ0) is 28.8. The Balaban J connectivity index is 1.28. The van der Waals surface area contributed by atoms with Gasteiger partial charge < -0.3 is 9.64 Å². The third-order valence-corrected chi connectivity index (χ3v) is 9.94. The Morgan fingerprint density at radius 2 is 1.40 bits per heavy atom. The van der Waals surface area contributed by atoms with E-state index in [4.69, 9.17) is 4.74 Å². The summed E-state index contributed by atoms with van der Waals surface area (Å²) >= 11 is 1.78. The summed E-state index contributed by atoms with van der Waals surface area (Å²) in [6.07, 6.45) is 6.59. The second-order valence-corrected chi connectivity index (χ2v) is 12.4. The number of halogens is 1. The van der Waals surface area contributed by atoms with Crippen molar-refractivity contribution in [2.24, 2.45) is 0 Å². The zero-order valence-electron chi connectivity index (χ0n) is 23.7. The molecule has 3 heterocycles. The molecule has 1 aromatic heterocycles. The zero-order valence-corrected chi connectivity index (χ0v) is 24.5. The molecule has 0 bridgehead atoms. The van der Waals surface area contributed by atoms with Crippen molar-refractivity contribution in [3.63, 3.8) is 0 Å². The summed E-state index contributed by atoms with van der Waals surface area (Å²) in [5, 5.41) is 2.29. The number of hydrogen-bond acceptors (Lipinski definition) is 3. The number of hydrogen-bond donors (Lipinski definition) is 0. The van der Waals surface area contributed by atoms with Crippen molar-refractivity contribution in [3.8, 4) is 26.6 Å². The quantitative estimate of drug-likeness (QED) is 0.201. The van der Waals surface area contributed by atoms with E-state index >= 15 is 4.39 Å². The third-order valence-electron chi connectivity index (χ3n) is 8.78. The molecule has 210 valence electrons. The fourth-order valence-corrected chi connectivity index (χ4v) is 7.64. The molecule has 1 saturated heterocycles. The average Bonchev–Trinajstić information content (AvgIpc) is 3.79. The Morgan fingerprint density at radius 3 is 2.19 bits per heavy atom. The first-order chi connectivity index (χ1) is 21.2. The topological polar surface area (TPSA) is 12.5 Å². The van der Waals surface area contributed by atoms with E-state index in [1.54, 1.807) is 17.4 Å². The predicted octanol–water partition coefficient (Wildman–Crippen LogP) is 10.3. The average molecular weight is 580 g/mol. The summed E-state index contributed by atoms with van der Waals surface area (Å²) in [7, 11) is 0. The van der Waals surface area contributed by atoms with Crippen LogP contribution in [0.15, 0.2) is 127 Å². The van der Waals surface area contributed by atoms with Gasteiger partial charge >= 0.3 is 0 Å². The largest absolute Gasteiger partial charge is 0.473 e. The van der Waals surface area contributed by atoms with Crippen LogP contribution in [0.2, 0.25) is 0 Å². The summed E-state index contributed by atoms with van der Waals surface area (Å²) in [5.74, 6) is 0.462. The second-order valence-electron chi connectivity index (χ2n) is 11.3. The van der Waals surface area contributed by atoms with Crippen molar-refractivity contribution in [2.75, 3.05) is 18.0 Å². The number of fused-ring (bicyclic) bond motifs is 3. The van der Waals surface area contributed by atoms with Crippen molar-refractivity contribution >= 4 is 33.9 Å². The fraction of sp³-hybridized carbons (Fsp3) is 0.128. The van der Waals surface area contributed by atoms with Crippen LogP contribution in [0.5, 0.6) is 5.75 Å². The van der Waals surface area contributed by atoms with E-state index < -0.39 is 5.60 Å². The van der Waals surface area contributed by atoms with Gasteiger partial charge in [-0.25, -0.2) is 4.39 Å². The molecular formula is C39H30FNOS. The number of rotatable bonds is 5.